The van der Waals surface area contributed by atoms with Crippen LogP contribution >= 0.6 is 0 Å². The summed E-state index contributed by atoms with van der Waals surface area (Å²) in [7, 11) is 0. The molecule has 4 atom stereocenters. The van der Waals surface area contributed by atoms with Gasteiger partial charge >= 0.3 is 47.8 Å². The minimum Gasteiger partial charge on any atom is -0.481 e. The Morgan fingerprint density at radius 1 is 0.405 bits per heavy atom. The molecule has 0 saturated carbocycles. The Balaban J connectivity index is -0.000000196. The molecule has 0 aromatic carbocycles. The zero-order chi connectivity index (χ0) is 30.5. The number of aliphatic carboxylic acids is 8. The van der Waals surface area contributed by atoms with Crippen molar-refractivity contribution in [3.05, 3.63) is 0 Å². The van der Waals surface area contributed by atoms with Gasteiger partial charge in [-0.15, -0.1) is 0 Å². The van der Waals surface area contributed by atoms with Gasteiger partial charge in [0.15, 0.2) is 0 Å². The number of carboxylic acids is 8. The monoisotopic (exact) mass is 546 g/mol. The number of carboxylic acid groups (broad SMARTS) is 8. The zero-order valence-corrected chi connectivity index (χ0v) is 19.0. The molecule has 0 spiro atoms. The van der Waals surface area contributed by atoms with Crippen LogP contribution in [0, 0.1) is 0 Å². The lowest BCUT2D eigenvalue weighted by molar-refractivity contribution is -0.144. The molecule has 0 unspecified atom stereocenters. The van der Waals surface area contributed by atoms with Crippen molar-refractivity contribution in [3.63, 3.8) is 0 Å². The Morgan fingerprint density at radius 3 is 0.730 bits per heavy atom. The predicted molar refractivity (Wildman–Crippen MR) is 116 cm³/mol. The number of rotatable bonds is 13. The van der Waals surface area contributed by atoms with Crippen molar-refractivity contribution in [1.29, 1.82) is 0 Å². The van der Waals surface area contributed by atoms with Gasteiger partial charge in [0.2, 0.25) is 0 Å². The molecule has 16 N–H and O–H groups in total. The standard InChI is InChI=1S/C5H9NO4.3C4H7NO4/c6-3(5(9)10)1-2-4(7)8;3*5-2(4(8)9)1-3(6)7/h3H,1-2,6H2,(H,7,8)(H,9,10);3*2H,1,5H2,(H,6,7)(H,8,9)/t3-;3*2-/m0000/s1. The summed E-state index contributed by atoms with van der Waals surface area (Å²) in [6.07, 6.45) is -1.82. The Labute approximate surface area is 207 Å². The molecular formula is C17H30N4O16. The van der Waals surface area contributed by atoms with E-state index in [0.717, 1.165) is 0 Å². The fourth-order valence-electron chi connectivity index (χ4n) is 1.23. The summed E-state index contributed by atoms with van der Waals surface area (Å²) in [6, 6.07) is -4.93. The van der Waals surface area contributed by atoms with E-state index < -0.39 is 91.2 Å². The van der Waals surface area contributed by atoms with E-state index >= 15 is 0 Å². The van der Waals surface area contributed by atoms with Gasteiger partial charge in [-0.1, -0.05) is 0 Å². The van der Waals surface area contributed by atoms with E-state index in [1.54, 1.807) is 0 Å². The quantitative estimate of drug-likeness (QED) is 0.104. The first kappa shape index (κ1) is 39.8. The molecule has 0 aliphatic rings. The van der Waals surface area contributed by atoms with E-state index in [-0.39, 0.29) is 12.8 Å². The molecular weight excluding hydrogens is 516 g/mol. The fraction of sp³-hybridized carbons (Fsp3) is 0.529. The molecule has 0 saturated heterocycles. The highest BCUT2D eigenvalue weighted by atomic mass is 16.4. The first-order chi connectivity index (χ1) is 16.6. The van der Waals surface area contributed by atoms with Crippen molar-refractivity contribution in [2.45, 2.75) is 56.3 Å². The molecule has 0 heterocycles. The number of nitrogens with two attached hydrogens (primary N) is 4. The van der Waals surface area contributed by atoms with Crippen molar-refractivity contribution >= 4 is 47.8 Å². The maximum atomic E-state index is 9.99. The zero-order valence-electron chi connectivity index (χ0n) is 19.0. The van der Waals surface area contributed by atoms with Crippen LogP contribution in [0.1, 0.15) is 32.1 Å². The van der Waals surface area contributed by atoms with Crippen molar-refractivity contribution in [3.8, 4) is 0 Å². The van der Waals surface area contributed by atoms with Crippen molar-refractivity contribution in [1.82, 2.24) is 0 Å². The second kappa shape index (κ2) is 22.1. The van der Waals surface area contributed by atoms with Gasteiger partial charge in [-0.25, -0.2) is 0 Å². The molecule has 0 aromatic rings. The van der Waals surface area contributed by atoms with Crippen molar-refractivity contribution in [2.75, 3.05) is 0 Å². The van der Waals surface area contributed by atoms with Gasteiger partial charge in [-0.05, 0) is 6.42 Å². The summed E-state index contributed by atoms with van der Waals surface area (Å²) < 4.78 is 0. The Morgan fingerprint density at radius 2 is 0.622 bits per heavy atom. The van der Waals surface area contributed by atoms with Crippen molar-refractivity contribution < 1.29 is 79.2 Å². The highest BCUT2D eigenvalue weighted by Gasteiger charge is 2.16. The molecule has 0 amide bonds. The highest BCUT2D eigenvalue weighted by molar-refractivity contribution is 5.81. The molecule has 37 heavy (non-hydrogen) atoms. The summed E-state index contributed by atoms with van der Waals surface area (Å²) in [6.45, 7) is 0. The van der Waals surface area contributed by atoms with Crippen LogP contribution in [-0.4, -0.2) is 113 Å². The third-order valence-electron chi connectivity index (χ3n) is 3.12. The molecule has 214 valence electrons. The molecule has 0 aliphatic carbocycles. The molecule has 0 radical (unpaired) electrons. The summed E-state index contributed by atoms with van der Waals surface area (Å²) >= 11 is 0. The summed E-state index contributed by atoms with van der Waals surface area (Å²) in [5.41, 5.74) is 19.5. The van der Waals surface area contributed by atoms with Crippen LogP contribution in [0.4, 0.5) is 0 Å². The lowest BCUT2D eigenvalue weighted by Gasteiger charge is -2.01. The number of hydrogen-bond acceptors (Lipinski definition) is 12. The van der Waals surface area contributed by atoms with Gasteiger partial charge in [0, 0.05) is 6.42 Å². The normalized spacial score (nSPS) is 12.5. The molecule has 20 heteroatoms. The van der Waals surface area contributed by atoms with Crippen LogP contribution in [0.5, 0.6) is 0 Å². The molecule has 0 aromatic heterocycles. The van der Waals surface area contributed by atoms with Crippen molar-refractivity contribution in [2.24, 2.45) is 22.9 Å². The number of carbonyl (C=O) groups is 8. The first-order valence-corrected chi connectivity index (χ1v) is 9.46. The predicted octanol–water partition coefficient (Wildman–Crippen LogP) is -4.12. The topological polar surface area (TPSA) is 402 Å². The minimum absolute atomic E-state index is 0.0231. The minimum atomic E-state index is -1.29. The smallest absolute Gasteiger partial charge is 0.321 e. The van der Waals surface area contributed by atoms with Crippen LogP contribution in [-0.2, 0) is 38.4 Å². The Kier molecular flexibility index (Phi) is 23.8. The lowest BCUT2D eigenvalue weighted by Crippen LogP contribution is -2.32. The van der Waals surface area contributed by atoms with Crippen LogP contribution in [0.3, 0.4) is 0 Å². The Hall–Kier alpha value is -4.40. The van der Waals surface area contributed by atoms with E-state index in [2.05, 4.69) is 0 Å². The van der Waals surface area contributed by atoms with Crippen LogP contribution in [0.2, 0.25) is 0 Å². The average molecular weight is 546 g/mol. The second-order valence-corrected chi connectivity index (χ2v) is 6.50. The SMILES string of the molecule is N[C@@H](CC(=O)O)C(=O)O.N[C@@H](CC(=O)O)C(=O)O.N[C@@H](CC(=O)O)C(=O)O.N[C@@H](CCC(=O)O)C(=O)O. The molecule has 0 fully saturated rings. The summed E-state index contributed by atoms with van der Waals surface area (Å²) in [5, 5.41) is 64.4. The van der Waals surface area contributed by atoms with E-state index in [0.29, 0.717) is 0 Å². The van der Waals surface area contributed by atoms with Gasteiger partial charge in [-0.3, -0.25) is 38.4 Å². The van der Waals surface area contributed by atoms with Crippen LogP contribution in [0.15, 0.2) is 0 Å². The van der Waals surface area contributed by atoms with E-state index in [9.17, 15) is 38.4 Å². The van der Waals surface area contributed by atoms with Crippen LogP contribution < -0.4 is 22.9 Å². The van der Waals surface area contributed by atoms with Gasteiger partial charge in [0.1, 0.15) is 24.2 Å². The molecule has 0 rings (SSSR count). The molecule has 20 nitrogen and oxygen atoms in total. The lowest BCUT2D eigenvalue weighted by atomic mass is 10.2. The maximum absolute atomic E-state index is 9.99. The van der Waals surface area contributed by atoms with E-state index in [4.69, 9.17) is 63.8 Å². The largest absolute Gasteiger partial charge is 0.481 e. The highest BCUT2D eigenvalue weighted by Crippen LogP contribution is 1.93. The number of hydrogen-bond donors (Lipinski definition) is 12. The third kappa shape index (κ3) is 33.8. The van der Waals surface area contributed by atoms with E-state index in [1.165, 1.54) is 0 Å². The van der Waals surface area contributed by atoms with E-state index in [1.807, 2.05) is 0 Å². The second-order valence-electron chi connectivity index (χ2n) is 6.50. The summed E-state index contributed by atoms with van der Waals surface area (Å²) in [4.78, 5) is 78.7. The maximum Gasteiger partial charge on any atom is 0.321 e. The molecule has 0 aliphatic heterocycles. The first-order valence-electron chi connectivity index (χ1n) is 9.46. The third-order valence-corrected chi connectivity index (χ3v) is 3.12. The molecule has 0 bridgehead atoms. The van der Waals surface area contributed by atoms with Gasteiger partial charge in [0.25, 0.3) is 0 Å². The summed E-state index contributed by atoms with van der Waals surface area (Å²) in [5.74, 6) is -9.69. The van der Waals surface area contributed by atoms with Gasteiger partial charge < -0.3 is 63.8 Å². The van der Waals surface area contributed by atoms with Crippen LogP contribution in [0.25, 0.3) is 0 Å². The van der Waals surface area contributed by atoms with Gasteiger partial charge in [0.05, 0.1) is 19.3 Å². The Bertz CT molecular complexity index is 726. The average Bonchev–Trinajstić information content (AvgIpc) is 2.71. The van der Waals surface area contributed by atoms with Gasteiger partial charge in [-0.2, -0.15) is 0 Å². The fourth-order valence-corrected chi connectivity index (χ4v) is 1.23.